The van der Waals surface area contributed by atoms with Crippen LogP contribution >= 0.6 is 12.4 Å². The number of alkyl halides is 3. The quantitative estimate of drug-likeness (QED) is 0.643. The molecule has 0 atom stereocenters. The molecule has 2 N–H and O–H groups in total. The van der Waals surface area contributed by atoms with Crippen LogP contribution in [0.2, 0.25) is 0 Å². The molecule has 12 heavy (non-hydrogen) atoms. The third-order valence-corrected chi connectivity index (χ3v) is 2.15. The van der Waals surface area contributed by atoms with Crippen molar-refractivity contribution in [3.8, 4) is 0 Å². The summed E-state index contributed by atoms with van der Waals surface area (Å²) in [6.07, 6.45) is -4.14. The Balaban J connectivity index is 0.00000121. The Morgan fingerprint density at radius 1 is 1.17 bits per heavy atom. The van der Waals surface area contributed by atoms with Gasteiger partial charge < -0.3 is 5.73 Å². The predicted octanol–water partition coefficient (Wildman–Crippen LogP) is 2.49. The van der Waals surface area contributed by atoms with Gasteiger partial charge in [-0.3, -0.25) is 0 Å². The summed E-state index contributed by atoms with van der Waals surface area (Å²) in [5.74, 6) is 0. The lowest BCUT2D eigenvalue weighted by Gasteiger charge is -2.51. The van der Waals surface area contributed by atoms with E-state index in [1.807, 2.05) is 0 Å². The zero-order valence-corrected chi connectivity index (χ0v) is 7.85. The van der Waals surface area contributed by atoms with Gasteiger partial charge in [0.1, 0.15) is 5.54 Å². The third kappa shape index (κ3) is 1.85. The summed E-state index contributed by atoms with van der Waals surface area (Å²) in [4.78, 5) is 0. The van der Waals surface area contributed by atoms with Gasteiger partial charge in [-0.25, -0.2) is 0 Å². The maximum Gasteiger partial charge on any atom is 0.406 e. The summed E-state index contributed by atoms with van der Waals surface area (Å²) >= 11 is 0. The smallest absolute Gasteiger partial charge is 0.318 e. The monoisotopic (exact) mass is 203 g/mol. The van der Waals surface area contributed by atoms with Crippen molar-refractivity contribution in [1.82, 2.24) is 0 Å². The van der Waals surface area contributed by atoms with E-state index in [2.05, 4.69) is 0 Å². The predicted molar refractivity (Wildman–Crippen MR) is 43.2 cm³/mol. The van der Waals surface area contributed by atoms with Crippen LogP contribution in [0, 0.1) is 5.41 Å². The standard InChI is InChI=1S/C7H12F3N.ClH/c1-5(2)3-6(11,4-5)7(8,9)10;/h3-4,11H2,1-2H3;1H. The molecule has 1 aliphatic carbocycles. The second kappa shape index (κ2) is 2.77. The van der Waals surface area contributed by atoms with Crippen molar-refractivity contribution in [2.75, 3.05) is 0 Å². The van der Waals surface area contributed by atoms with Crippen LogP contribution in [0.15, 0.2) is 0 Å². The number of rotatable bonds is 0. The second-order valence-electron chi connectivity index (χ2n) is 4.17. The minimum atomic E-state index is -4.23. The van der Waals surface area contributed by atoms with Gasteiger partial charge in [0, 0.05) is 0 Å². The van der Waals surface area contributed by atoms with Crippen LogP contribution in [-0.2, 0) is 0 Å². The molecular weight excluding hydrogens is 191 g/mol. The third-order valence-electron chi connectivity index (χ3n) is 2.15. The highest BCUT2D eigenvalue weighted by atomic mass is 35.5. The summed E-state index contributed by atoms with van der Waals surface area (Å²) in [6, 6.07) is 0. The lowest BCUT2D eigenvalue weighted by Crippen LogP contribution is -2.64. The van der Waals surface area contributed by atoms with E-state index in [4.69, 9.17) is 5.73 Å². The number of hydrogen-bond acceptors (Lipinski definition) is 1. The molecule has 0 radical (unpaired) electrons. The van der Waals surface area contributed by atoms with Crippen molar-refractivity contribution >= 4 is 12.4 Å². The van der Waals surface area contributed by atoms with Gasteiger partial charge in [0.25, 0.3) is 0 Å². The molecule has 0 aromatic heterocycles. The molecule has 74 valence electrons. The minimum absolute atomic E-state index is 0. The lowest BCUT2D eigenvalue weighted by atomic mass is 9.59. The molecule has 0 aromatic rings. The SMILES string of the molecule is CC1(C)CC(N)(C(F)(F)F)C1.Cl. The van der Waals surface area contributed by atoms with Crippen LogP contribution in [0.25, 0.3) is 0 Å². The molecule has 1 fully saturated rings. The number of hydrogen-bond donors (Lipinski definition) is 1. The van der Waals surface area contributed by atoms with Crippen molar-refractivity contribution in [2.24, 2.45) is 11.1 Å². The zero-order chi connectivity index (χ0) is 8.91. The molecule has 0 heterocycles. The topological polar surface area (TPSA) is 26.0 Å². The van der Waals surface area contributed by atoms with E-state index in [9.17, 15) is 13.2 Å². The van der Waals surface area contributed by atoms with E-state index < -0.39 is 11.7 Å². The fourth-order valence-corrected chi connectivity index (χ4v) is 1.86. The zero-order valence-electron chi connectivity index (χ0n) is 7.03. The Morgan fingerprint density at radius 2 is 1.50 bits per heavy atom. The molecular formula is C7H13ClF3N. The first-order chi connectivity index (χ1) is 4.66. The van der Waals surface area contributed by atoms with Crippen molar-refractivity contribution in [1.29, 1.82) is 0 Å². The molecule has 1 nitrogen and oxygen atoms in total. The molecule has 5 heteroatoms. The molecule has 0 saturated heterocycles. The van der Waals surface area contributed by atoms with Crippen LogP contribution in [0.1, 0.15) is 26.7 Å². The first-order valence-electron chi connectivity index (χ1n) is 3.52. The fourth-order valence-electron chi connectivity index (χ4n) is 1.86. The molecule has 1 saturated carbocycles. The average Bonchev–Trinajstić information content (AvgIpc) is 1.55. The Kier molecular flexibility index (Phi) is 2.78. The second-order valence-corrected chi connectivity index (χ2v) is 4.17. The van der Waals surface area contributed by atoms with Gasteiger partial charge >= 0.3 is 6.18 Å². The summed E-state index contributed by atoms with van der Waals surface area (Å²) < 4.78 is 36.3. The van der Waals surface area contributed by atoms with Crippen molar-refractivity contribution in [2.45, 2.75) is 38.4 Å². The Labute approximate surface area is 75.9 Å². The van der Waals surface area contributed by atoms with Crippen molar-refractivity contribution in [3.05, 3.63) is 0 Å². The van der Waals surface area contributed by atoms with Gasteiger partial charge in [0.05, 0.1) is 0 Å². The minimum Gasteiger partial charge on any atom is -0.318 e. The molecule has 0 unspecified atom stereocenters. The van der Waals surface area contributed by atoms with Gasteiger partial charge in [-0.2, -0.15) is 13.2 Å². The Bertz CT molecular complexity index is 168. The van der Waals surface area contributed by atoms with E-state index in [0.29, 0.717) is 0 Å². The largest absolute Gasteiger partial charge is 0.406 e. The highest BCUT2D eigenvalue weighted by Gasteiger charge is 2.62. The maximum absolute atomic E-state index is 12.1. The number of nitrogens with two attached hydrogens (primary N) is 1. The highest BCUT2D eigenvalue weighted by molar-refractivity contribution is 5.85. The van der Waals surface area contributed by atoms with E-state index in [1.165, 1.54) is 0 Å². The molecule has 0 aromatic carbocycles. The first-order valence-corrected chi connectivity index (χ1v) is 3.52. The summed E-state index contributed by atoms with van der Waals surface area (Å²) in [5.41, 5.74) is 2.99. The molecule has 1 rings (SSSR count). The van der Waals surface area contributed by atoms with Gasteiger partial charge in [0.2, 0.25) is 0 Å². The lowest BCUT2D eigenvalue weighted by molar-refractivity contribution is -0.230. The van der Waals surface area contributed by atoms with E-state index in [-0.39, 0.29) is 30.7 Å². The van der Waals surface area contributed by atoms with Gasteiger partial charge in [-0.1, -0.05) is 13.8 Å². The van der Waals surface area contributed by atoms with Gasteiger partial charge in [-0.15, -0.1) is 12.4 Å². The van der Waals surface area contributed by atoms with Crippen LogP contribution in [0.4, 0.5) is 13.2 Å². The van der Waals surface area contributed by atoms with Crippen molar-refractivity contribution in [3.63, 3.8) is 0 Å². The molecule has 0 spiro atoms. The van der Waals surface area contributed by atoms with Crippen LogP contribution in [-0.4, -0.2) is 11.7 Å². The summed E-state index contributed by atoms with van der Waals surface area (Å²) in [7, 11) is 0. The molecule has 0 bridgehead atoms. The molecule has 1 aliphatic rings. The maximum atomic E-state index is 12.1. The summed E-state index contributed by atoms with van der Waals surface area (Å²) in [5, 5.41) is 0. The van der Waals surface area contributed by atoms with E-state index in [0.717, 1.165) is 0 Å². The van der Waals surface area contributed by atoms with E-state index in [1.54, 1.807) is 13.8 Å². The normalized spacial score (nSPS) is 25.5. The Hall–Kier alpha value is 0.0400. The fraction of sp³-hybridized carbons (Fsp3) is 1.00. The van der Waals surface area contributed by atoms with Crippen LogP contribution in [0.3, 0.4) is 0 Å². The average molecular weight is 204 g/mol. The molecule has 0 amide bonds. The van der Waals surface area contributed by atoms with Gasteiger partial charge in [0.15, 0.2) is 0 Å². The Morgan fingerprint density at radius 3 is 1.58 bits per heavy atom. The number of halogens is 4. The summed E-state index contributed by atoms with van der Waals surface area (Å²) in [6.45, 7) is 3.59. The van der Waals surface area contributed by atoms with Crippen LogP contribution in [0.5, 0.6) is 0 Å². The first kappa shape index (κ1) is 12.0. The van der Waals surface area contributed by atoms with Crippen molar-refractivity contribution < 1.29 is 13.2 Å². The van der Waals surface area contributed by atoms with E-state index >= 15 is 0 Å². The van der Waals surface area contributed by atoms with Crippen LogP contribution < -0.4 is 5.73 Å². The van der Waals surface area contributed by atoms with Gasteiger partial charge in [-0.05, 0) is 18.3 Å². The molecule has 0 aliphatic heterocycles. The highest BCUT2D eigenvalue weighted by Crippen LogP contribution is 2.53.